The van der Waals surface area contributed by atoms with Crippen LogP contribution in [0.15, 0.2) is 24.3 Å². The summed E-state index contributed by atoms with van der Waals surface area (Å²) in [6.07, 6.45) is 3.32. The second-order valence-electron chi connectivity index (χ2n) is 2.30. The number of phenols is 1. The van der Waals surface area contributed by atoms with Crippen LogP contribution in [0, 0.1) is 5.82 Å². The van der Waals surface area contributed by atoms with E-state index in [0.717, 1.165) is 6.07 Å². The molecule has 12 heavy (non-hydrogen) atoms. The van der Waals surface area contributed by atoms with Gasteiger partial charge in [-0.05, 0) is 17.7 Å². The van der Waals surface area contributed by atoms with Crippen LogP contribution in [0.25, 0.3) is 6.08 Å². The number of phenolic OH excluding ortho intramolecular Hbond substituents is 1. The van der Waals surface area contributed by atoms with Crippen molar-refractivity contribution in [1.29, 1.82) is 0 Å². The molecule has 0 heterocycles. The summed E-state index contributed by atoms with van der Waals surface area (Å²) < 4.78 is 12.6. The van der Waals surface area contributed by atoms with Crippen molar-refractivity contribution in [2.75, 3.05) is 5.88 Å². The van der Waals surface area contributed by atoms with Crippen molar-refractivity contribution in [3.05, 3.63) is 35.7 Å². The standard InChI is InChI=1S/C9H8ClFO/c10-3-1-2-7-4-8(11)6-9(12)5-7/h1-2,4-6,12H,3H2. The molecule has 0 bridgehead atoms. The van der Waals surface area contributed by atoms with Gasteiger partial charge in [0.2, 0.25) is 0 Å². The molecule has 0 atom stereocenters. The molecule has 0 radical (unpaired) electrons. The minimum Gasteiger partial charge on any atom is -0.508 e. The second kappa shape index (κ2) is 4.12. The summed E-state index contributed by atoms with van der Waals surface area (Å²) in [4.78, 5) is 0. The van der Waals surface area contributed by atoms with Gasteiger partial charge >= 0.3 is 0 Å². The lowest BCUT2D eigenvalue weighted by atomic mass is 10.2. The number of aromatic hydroxyl groups is 1. The lowest BCUT2D eigenvalue weighted by Crippen LogP contribution is -1.77. The van der Waals surface area contributed by atoms with Crippen LogP contribution in [0.3, 0.4) is 0 Å². The molecule has 1 rings (SSSR count). The normalized spacial score (nSPS) is 10.8. The van der Waals surface area contributed by atoms with Crippen LogP contribution >= 0.6 is 11.6 Å². The van der Waals surface area contributed by atoms with E-state index in [1.807, 2.05) is 0 Å². The third kappa shape index (κ3) is 2.55. The number of alkyl halides is 1. The fraction of sp³-hybridized carbons (Fsp3) is 0.111. The van der Waals surface area contributed by atoms with Gasteiger partial charge < -0.3 is 5.11 Å². The average Bonchev–Trinajstić information content (AvgIpc) is 1.99. The highest BCUT2D eigenvalue weighted by Crippen LogP contribution is 2.15. The van der Waals surface area contributed by atoms with Crippen molar-refractivity contribution in [3.63, 3.8) is 0 Å². The molecular weight excluding hydrogens is 179 g/mol. The Morgan fingerprint density at radius 2 is 2.17 bits per heavy atom. The lowest BCUT2D eigenvalue weighted by molar-refractivity contribution is 0.469. The van der Waals surface area contributed by atoms with Gasteiger partial charge in [-0.25, -0.2) is 4.39 Å². The number of benzene rings is 1. The molecule has 0 unspecified atom stereocenters. The van der Waals surface area contributed by atoms with E-state index < -0.39 is 5.82 Å². The summed E-state index contributed by atoms with van der Waals surface area (Å²) in [5, 5.41) is 8.99. The Hall–Kier alpha value is -1.02. The van der Waals surface area contributed by atoms with Gasteiger partial charge in [0.05, 0.1) is 0 Å². The zero-order valence-corrected chi connectivity index (χ0v) is 7.05. The van der Waals surface area contributed by atoms with E-state index in [4.69, 9.17) is 16.7 Å². The fourth-order valence-corrected chi connectivity index (χ4v) is 0.962. The summed E-state index contributed by atoms with van der Waals surface area (Å²) in [5.41, 5.74) is 0.605. The molecule has 0 aromatic heterocycles. The Labute approximate surface area is 75.1 Å². The minimum atomic E-state index is -0.454. The second-order valence-corrected chi connectivity index (χ2v) is 2.61. The van der Waals surface area contributed by atoms with Crippen LogP contribution in [-0.4, -0.2) is 11.0 Å². The Balaban J connectivity index is 2.93. The van der Waals surface area contributed by atoms with E-state index in [0.29, 0.717) is 11.4 Å². The first kappa shape index (κ1) is 9.07. The number of halogens is 2. The van der Waals surface area contributed by atoms with Gasteiger partial charge in [0.15, 0.2) is 0 Å². The summed E-state index contributed by atoms with van der Waals surface area (Å²) in [6, 6.07) is 3.84. The summed E-state index contributed by atoms with van der Waals surface area (Å²) in [6.45, 7) is 0. The minimum absolute atomic E-state index is 0.0794. The molecule has 0 aliphatic heterocycles. The molecule has 0 aliphatic rings. The molecule has 0 saturated carbocycles. The van der Waals surface area contributed by atoms with Gasteiger partial charge in [-0.15, -0.1) is 11.6 Å². The number of allylic oxidation sites excluding steroid dienone is 1. The van der Waals surface area contributed by atoms with Crippen LogP contribution in [0.2, 0.25) is 0 Å². The third-order valence-corrected chi connectivity index (χ3v) is 1.48. The Morgan fingerprint density at radius 3 is 2.75 bits per heavy atom. The quantitative estimate of drug-likeness (QED) is 0.705. The maximum absolute atomic E-state index is 12.6. The molecule has 0 fully saturated rings. The molecule has 1 aromatic rings. The topological polar surface area (TPSA) is 20.2 Å². The number of hydrogen-bond donors (Lipinski definition) is 1. The molecule has 0 aliphatic carbocycles. The summed E-state index contributed by atoms with van der Waals surface area (Å²) >= 11 is 5.39. The Bertz CT molecular complexity index is 276. The van der Waals surface area contributed by atoms with E-state index in [2.05, 4.69) is 0 Å². The Morgan fingerprint density at radius 1 is 1.42 bits per heavy atom. The molecule has 0 spiro atoms. The van der Waals surface area contributed by atoms with Crippen LogP contribution in [0.4, 0.5) is 4.39 Å². The zero-order valence-electron chi connectivity index (χ0n) is 6.30. The molecular formula is C9H8ClFO. The van der Waals surface area contributed by atoms with Gasteiger partial charge in [0, 0.05) is 11.9 Å². The monoisotopic (exact) mass is 186 g/mol. The Kier molecular flexibility index (Phi) is 3.11. The highest BCUT2D eigenvalue weighted by Gasteiger charge is 1.95. The lowest BCUT2D eigenvalue weighted by Gasteiger charge is -1.95. The first-order valence-corrected chi connectivity index (χ1v) is 3.98. The SMILES string of the molecule is Oc1cc(F)cc(C=CCCl)c1. The molecule has 3 heteroatoms. The van der Waals surface area contributed by atoms with E-state index in [-0.39, 0.29) is 5.75 Å². The third-order valence-electron chi connectivity index (χ3n) is 1.30. The van der Waals surface area contributed by atoms with Crippen molar-refractivity contribution in [2.24, 2.45) is 0 Å². The number of rotatable bonds is 2. The van der Waals surface area contributed by atoms with E-state index in [9.17, 15) is 4.39 Å². The predicted molar refractivity (Wildman–Crippen MR) is 47.8 cm³/mol. The van der Waals surface area contributed by atoms with Gasteiger partial charge in [0.1, 0.15) is 11.6 Å². The maximum atomic E-state index is 12.6. The highest BCUT2D eigenvalue weighted by molar-refractivity contribution is 6.19. The van der Waals surface area contributed by atoms with Crippen molar-refractivity contribution in [2.45, 2.75) is 0 Å². The van der Waals surface area contributed by atoms with Crippen molar-refractivity contribution in [1.82, 2.24) is 0 Å². The molecule has 1 aromatic carbocycles. The van der Waals surface area contributed by atoms with Gasteiger partial charge in [-0.2, -0.15) is 0 Å². The molecule has 1 N–H and O–H groups in total. The van der Waals surface area contributed by atoms with Crippen LogP contribution in [0.5, 0.6) is 5.75 Å². The van der Waals surface area contributed by atoms with Crippen molar-refractivity contribution < 1.29 is 9.50 Å². The summed E-state index contributed by atoms with van der Waals surface area (Å²) in [5.74, 6) is -0.162. The van der Waals surface area contributed by atoms with Crippen molar-refractivity contribution >= 4 is 17.7 Å². The number of hydrogen-bond acceptors (Lipinski definition) is 1. The van der Waals surface area contributed by atoms with E-state index in [1.165, 1.54) is 12.1 Å². The molecule has 64 valence electrons. The van der Waals surface area contributed by atoms with Crippen LogP contribution in [0.1, 0.15) is 5.56 Å². The maximum Gasteiger partial charge on any atom is 0.127 e. The smallest absolute Gasteiger partial charge is 0.127 e. The first-order valence-electron chi connectivity index (χ1n) is 3.44. The molecule has 1 nitrogen and oxygen atoms in total. The highest BCUT2D eigenvalue weighted by atomic mass is 35.5. The predicted octanol–water partition coefficient (Wildman–Crippen LogP) is 2.78. The fourth-order valence-electron chi connectivity index (χ4n) is 0.873. The molecule has 0 amide bonds. The zero-order chi connectivity index (χ0) is 8.97. The van der Waals surface area contributed by atoms with E-state index in [1.54, 1.807) is 12.2 Å². The van der Waals surface area contributed by atoms with Crippen LogP contribution in [-0.2, 0) is 0 Å². The molecule has 0 saturated heterocycles. The van der Waals surface area contributed by atoms with Gasteiger partial charge in [-0.3, -0.25) is 0 Å². The first-order chi connectivity index (χ1) is 5.72. The summed E-state index contributed by atoms with van der Waals surface area (Å²) in [7, 11) is 0. The van der Waals surface area contributed by atoms with E-state index >= 15 is 0 Å². The van der Waals surface area contributed by atoms with Gasteiger partial charge in [0.25, 0.3) is 0 Å². The largest absolute Gasteiger partial charge is 0.508 e. The van der Waals surface area contributed by atoms with Crippen LogP contribution < -0.4 is 0 Å². The van der Waals surface area contributed by atoms with Crippen molar-refractivity contribution in [3.8, 4) is 5.75 Å². The van der Waals surface area contributed by atoms with Gasteiger partial charge in [-0.1, -0.05) is 12.2 Å². The average molecular weight is 187 g/mol.